The number of hydrogen-bond acceptors (Lipinski definition) is 5. The van der Waals surface area contributed by atoms with Gasteiger partial charge in [-0.05, 0) is 89.3 Å². The molecule has 1 aromatic carbocycles. The first kappa shape index (κ1) is 30.9. The molecular formula is C27H50N2O3Si2. The number of benzene rings is 1. The van der Waals surface area contributed by atoms with E-state index in [0.29, 0.717) is 13.2 Å². The lowest BCUT2D eigenvalue weighted by molar-refractivity contribution is 0.188. The van der Waals surface area contributed by atoms with E-state index >= 15 is 0 Å². The van der Waals surface area contributed by atoms with E-state index in [1.807, 2.05) is 13.8 Å². The molecule has 1 aromatic rings. The van der Waals surface area contributed by atoms with Crippen molar-refractivity contribution in [2.75, 3.05) is 32.9 Å². The summed E-state index contributed by atoms with van der Waals surface area (Å²) in [6.07, 6.45) is 3.98. The third kappa shape index (κ3) is 11.5. The summed E-state index contributed by atoms with van der Waals surface area (Å²) in [5.41, 5.74) is 4.79. The first-order chi connectivity index (χ1) is 16.2. The molecular weight excluding hydrogens is 456 g/mol. The summed E-state index contributed by atoms with van der Waals surface area (Å²) in [6, 6.07) is 11.0. The molecule has 0 aliphatic carbocycles. The van der Waals surface area contributed by atoms with Crippen LogP contribution in [-0.4, -0.2) is 61.2 Å². The summed E-state index contributed by atoms with van der Waals surface area (Å²) >= 11 is 0. The number of rotatable bonds is 18. The summed E-state index contributed by atoms with van der Waals surface area (Å²) in [7, 11) is -3.57. The normalized spacial score (nSPS) is 13.5. The van der Waals surface area contributed by atoms with Crippen LogP contribution in [0.2, 0.25) is 31.7 Å². The predicted octanol–water partition coefficient (Wildman–Crippen LogP) is 7.25. The third-order valence-corrected chi connectivity index (χ3v) is 11.7. The Labute approximate surface area is 211 Å². The molecule has 0 bridgehead atoms. The van der Waals surface area contributed by atoms with Crippen LogP contribution in [0, 0.1) is 0 Å². The molecule has 0 spiro atoms. The molecule has 0 aromatic heterocycles. The topological polar surface area (TPSA) is 52.4 Å². The third-order valence-electron chi connectivity index (χ3n) is 5.99. The van der Waals surface area contributed by atoms with Crippen molar-refractivity contribution in [3.63, 3.8) is 0 Å². The molecule has 0 atom stereocenters. The lowest BCUT2D eigenvalue weighted by Gasteiger charge is -2.25. The van der Waals surface area contributed by atoms with Gasteiger partial charge in [0.15, 0.2) is 8.32 Å². The van der Waals surface area contributed by atoms with Crippen molar-refractivity contribution >= 4 is 28.3 Å². The lowest BCUT2D eigenvalue weighted by atomic mass is 10.0. The van der Waals surface area contributed by atoms with Gasteiger partial charge in [0.2, 0.25) is 0 Å². The summed E-state index contributed by atoms with van der Waals surface area (Å²) in [6.45, 7) is 21.2. The van der Waals surface area contributed by atoms with E-state index in [-0.39, 0.29) is 0 Å². The minimum Gasteiger partial charge on any atom is -0.418 e. The van der Waals surface area contributed by atoms with E-state index in [2.05, 4.69) is 64.7 Å². The Hall–Kier alpha value is -1.13. The van der Waals surface area contributed by atoms with E-state index in [0.717, 1.165) is 57.5 Å². The Morgan fingerprint density at radius 3 is 1.44 bits per heavy atom. The van der Waals surface area contributed by atoms with Crippen molar-refractivity contribution < 1.29 is 13.3 Å². The van der Waals surface area contributed by atoms with Crippen molar-refractivity contribution in [1.82, 2.24) is 0 Å². The Kier molecular flexibility index (Phi) is 15.0. The van der Waals surface area contributed by atoms with Gasteiger partial charge in [0.1, 0.15) is 0 Å². The van der Waals surface area contributed by atoms with Crippen LogP contribution in [0.15, 0.2) is 34.3 Å². The van der Waals surface area contributed by atoms with Gasteiger partial charge >= 0.3 is 8.56 Å². The Bertz CT molecular complexity index is 743. The van der Waals surface area contributed by atoms with E-state index < -0.39 is 16.9 Å². The van der Waals surface area contributed by atoms with Crippen LogP contribution in [0.3, 0.4) is 0 Å². The van der Waals surface area contributed by atoms with E-state index in [9.17, 15) is 0 Å². The first-order valence-electron chi connectivity index (χ1n) is 13.3. The summed E-state index contributed by atoms with van der Waals surface area (Å²) in [5, 5.41) is 0. The zero-order valence-electron chi connectivity index (χ0n) is 23.2. The second-order valence-corrected chi connectivity index (χ2v) is 17.0. The molecule has 0 radical (unpaired) electrons. The fourth-order valence-electron chi connectivity index (χ4n) is 4.26. The molecule has 0 saturated heterocycles. The number of nitrogens with zero attached hydrogens (tertiary/aromatic N) is 2. The average Bonchev–Trinajstić information content (AvgIpc) is 2.80. The van der Waals surface area contributed by atoms with Gasteiger partial charge in [-0.25, -0.2) is 0 Å². The molecule has 5 nitrogen and oxygen atoms in total. The minimum absolute atomic E-state index is 0.717. The van der Waals surface area contributed by atoms with Crippen molar-refractivity contribution in [1.29, 1.82) is 0 Å². The van der Waals surface area contributed by atoms with Gasteiger partial charge in [-0.3, -0.25) is 9.98 Å². The van der Waals surface area contributed by atoms with Crippen LogP contribution in [0.25, 0.3) is 0 Å². The van der Waals surface area contributed by atoms with Crippen LogP contribution in [0.1, 0.15) is 71.4 Å². The number of hydrogen-bond donors (Lipinski definition) is 0. The molecule has 1 rings (SSSR count). The molecule has 34 heavy (non-hydrogen) atoms. The minimum atomic E-state index is -2.05. The van der Waals surface area contributed by atoms with E-state index in [1.165, 1.54) is 22.6 Å². The SMILES string of the molecule is CCO[Si](C)(C)CCC/N=C(\CC)c1ccc(/C(CC)=N/CCC[Si](C)(OCC)OCC)cc1. The van der Waals surface area contributed by atoms with E-state index in [1.54, 1.807) is 0 Å². The maximum absolute atomic E-state index is 5.95. The molecule has 0 N–H and O–H groups in total. The van der Waals surface area contributed by atoms with Gasteiger partial charge in [-0.2, -0.15) is 0 Å². The van der Waals surface area contributed by atoms with Crippen LogP contribution in [0.5, 0.6) is 0 Å². The predicted molar refractivity (Wildman–Crippen MR) is 153 cm³/mol. The molecule has 194 valence electrons. The van der Waals surface area contributed by atoms with Gasteiger partial charge in [0.05, 0.1) is 0 Å². The van der Waals surface area contributed by atoms with Crippen LogP contribution in [0.4, 0.5) is 0 Å². The van der Waals surface area contributed by atoms with Gasteiger partial charge in [0.25, 0.3) is 0 Å². The van der Waals surface area contributed by atoms with Crippen molar-refractivity contribution in [3.8, 4) is 0 Å². The Morgan fingerprint density at radius 1 is 0.647 bits per heavy atom. The van der Waals surface area contributed by atoms with Crippen LogP contribution in [-0.2, 0) is 13.3 Å². The maximum atomic E-state index is 5.95. The monoisotopic (exact) mass is 506 g/mol. The summed E-state index contributed by atoms with van der Waals surface area (Å²) in [5.74, 6) is 0. The van der Waals surface area contributed by atoms with Crippen molar-refractivity contribution in [2.45, 2.75) is 92.0 Å². The van der Waals surface area contributed by atoms with Gasteiger partial charge in [-0.15, -0.1) is 0 Å². The van der Waals surface area contributed by atoms with Gasteiger partial charge in [-0.1, -0.05) is 38.1 Å². The summed E-state index contributed by atoms with van der Waals surface area (Å²) in [4.78, 5) is 9.84. The highest BCUT2D eigenvalue weighted by Crippen LogP contribution is 2.17. The molecule has 0 saturated carbocycles. The molecule has 0 unspecified atom stereocenters. The molecule has 7 heteroatoms. The second-order valence-electron chi connectivity index (χ2n) is 9.34. The summed E-state index contributed by atoms with van der Waals surface area (Å²) < 4.78 is 17.8. The first-order valence-corrected chi connectivity index (χ1v) is 19.0. The molecule has 0 amide bonds. The fraction of sp³-hybridized carbons (Fsp3) is 0.704. The lowest BCUT2D eigenvalue weighted by Crippen LogP contribution is -2.38. The molecule has 0 heterocycles. The highest BCUT2D eigenvalue weighted by molar-refractivity contribution is 6.71. The van der Waals surface area contributed by atoms with Gasteiger partial charge in [0, 0.05) is 44.3 Å². The van der Waals surface area contributed by atoms with Crippen molar-refractivity contribution in [3.05, 3.63) is 35.4 Å². The quantitative estimate of drug-likeness (QED) is 0.120. The molecule has 0 aliphatic heterocycles. The molecule has 0 aliphatic rings. The Morgan fingerprint density at radius 2 is 1.06 bits per heavy atom. The average molecular weight is 507 g/mol. The van der Waals surface area contributed by atoms with Gasteiger partial charge < -0.3 is 13.3 Å². The van der Waals surface area contributed by atoms with Crippen molar-refractivity contribution in [2.24, 2.45) is 9.98 Å². The van der Waals surface area contributed by atoms with Crippen LogP contribution >= 0.6 is 0 Å². The van der Waals surface area contributed by atoms with E-state index in [4.69, 9.17) is 23.3 Å². The largest absolute Gasteiger partial charge is 0.418 e. The molecule has 0 fully saturated rings. The zero-order valence-corrected chi connectivity index (χ0v) is 25.2. The highest BCUT2D eigenvalue weighted by atomic mass is 28.4. The standard InChI is InChI=1S/C27H50N2O3Si2/c1-9-26(28-20-14-22-33(6,7)30-11-3)24-16-18-25(19-17-24)27(10-2)29-21-15-23-34(8,31-12-4)32-13-5/h16-19H,9-15,20-23H2,1-8H3/b28-26+,29-27+. The zero-order chi connectivity index (χ0) is 25.5. The Balaban J connectivity index is 2.71. The second kappa shape index (κ2) is 16.5. The van der Waals surface area contributed by atoms with Crippen LogP contribution < -0.4 is 0 Å². The highest BCUT2D eigenvalue weighted by Gasteiger charge is 2.29. The maximum Gasteiger partial charge on any atom is 0.334 e. The fourth-order valence-corrected chi connectivity index (χ4v) is 8.59. The smallest absolute Gasteiger partial charge is 0.334 e. The number of aliphatic imine (C=N–C) groups is 2.